The van der Waals surface area contributed by atoms with E-state index in [1.54, 1.807) is 31.3 Å². The molecule has 37 heavy (non-hydrogen) atoms. The molecule has 190 valence electrons. The molecule has 9 nitrogen and oxygen atoms in total. The van der Waals surface area contributed by atoms with Gasteiger partial charge in [-0.05, 0) is 24.3 Å². The predicted molar refractivity (Wildman–Crippen MR) is 131 cm³/mol. The van der Waals surface area contributed by atoms with Crippen LogP contribution in [0.3, 0.4) is 0 Å². The molecular weight excluding hydrogens is 531 g/mol. The zero-order valence-electron chi connectivity index (χ0n) is 19.0. The van der Waals surface area contributed by atoms with E-state index in [0.717, 1.165) is 17.5 Å². The van der Waals surface area contributed by atoms with E-state index in [1.807, 2.05) is 0 Å². The van der Waals surface area contributed by atoms with E-state index in [1.165, 1.54) is 12.5 Å². The number of ketones is 1. The number of carbonyl (C=O) groups excluding carboxylic acids is 2. The Morgan fingerprint density at radius 2 is 1.86 bits per heavy atom. The van der Waals surface area contributed by atoms with Crippen molar-refractivity contribution < 1.29 is 22.8 Å². The van der Waals surface area contributed by atoms with Crippen molar-refractivity contribution in [2.75, 3.05) is 11.1 Å². The second-order valence-electron chi connectivity index (χ2n) is 7.85. The number of anilines is 2. The van der Waals surface area contributed by atoms with E-state index < -0.39 is 22.7 Å². The van der Waals surface area contributed by atoms with Gasteiger partial charge in [-0.3, -0.25) is 9.59 Å². The van der Waals surface area contributed by atoms with Crippen molar-refractivity contribution in [3.05, 3.63) is 75.3 Å². The first-order chi connectivity index (χ1) is 17.5. The summed E-state index contributed by atoms with van der Waals surface area (Å²) in [5, 5.41) is 2.22. The molecule has 0 aliphatic heterocycles. The minimum absolute atomic E-state index is 0.0543. The monoisotopic (exact) mass is 547 g/mol. The Labute approximate surface area is 217 Å². The highest BCUT2D eigenvalue weighted by Gasteiger charge is 2.34. The second-order valence-corrected chi connectivity index (χ2v) is 9.32. The minimum Gasteiger partial charge on any atom is -0.384 e. The second kappa shape index (κ2) is 10.6. The van der Waals surface area contributed by atoms with Crippen LogP contribution in [0.5, 0.6) is 0 Å². The normalized spacial score (nSPS) is 12.2. The highest BCUT2D eigenvalue weighted by atomic mass is 35.5. The van der Waals surface area contributed by atoms with Gasteiger partial charge in [-0.2, -0.15) is 13.2 Å². The number of hydrogen-bond donors (Lipinski definition) is 2. The predicted octanol–water partition coefficient (Wildman–Crippen LogP) is 5.27. The van der Waals surface area contributed by atoms with Crippen LogP contribution in [-0.4, -0.2) is 36.6 Å². The van der Waals surface area contributed by atoms with Crippen LogP contribution in [0.15, 0.2) is 49.2 Å². The maximum Gasteiger partial charge on any atom is 0.418 e. The third-order valence-electron chi connectivity index (χ3n) is 5.10. The van der Waals surface area contributed by atoms with E-state index in [-0.39, 0.29) is 34.5 Å². The third kappa shape index (κ3) is 6.24. The molecule has 1 amide bonds. The highest BCUT2D eigenvalue weighted by Crippen LogP contribution is 2.35. The maximum atomic E-state index is 13.1. The van der Waals surface area contributed by atoms with Crippen LogP contribution < -0.4 is 11.1 Å². The van der Waals surface area contributed by atoms with Gasteiger partial charge in [0.1, 0.15) is 28.5 Å². The molecule has 0 aromatic carbocycles. The lowest BCUT2D eigenvalue weighted by molar-refractivity contribution is -0.137. The summed E-state index contributed by atoms with van der Waals surface area (Å²) >= 11 is 6.57. The molecule has 0 spiro atoms. The van der Waals surface area contributed by atoms with Crippen LogP contribution in [0.1, 0.15) is 50.0 Å². The molecule has 3 N–H and O–H groups in total. The Kier molecular flexibility index (Phi) is 7.45. The van der Waals surface area contributed by atoms with Gasteiger partial charge in [0, 0.05) is 30.3 Å². The fraction of sp³-hybridized carbons (Fsp3) is 0.174. The lowest BCUT2D eigenvalue weighted by Crippen LogP contribution is -2.13. The van der Waals surface area contributed by atoms with Crippen molar-refractivity contribution in [1.82, 2.24) is 24.9 Å². The summed E-state index contributed by atoms with van der Waals surface area (Å²) in [5.41, 5.74) is 5.88. The van der Waals surface area contributed by atoms with Gasteiger partial charge in [0.2, 0.25) is 0 Å². The van der Waals surface area contributed by atoms with Gasteiger partial charge in [-0.15, -0.1) is 11.3 Å². The summed E-state index contributed by atoms with van der Waals surface area (Å²) in [5.74, 6) is -1.26. The molecule has 0 aliphatic rings. The number of amides is 1. The molecule has 0 aliphatic carbocycles. The van der Waals surface area contributed by atoms with E-state index in [2.05, 4.69) is 30.2 Å². The number of rotatable bonds is 7. The standard InChI is InChI=1S/C23H17ClF3N7O2S/c1-11(4-17(35)16-6-15(32-10-33-16)12-2-3-19(28)29-7-12)22-31-9-18(37-22)21(36)34-20-5-13(23(25,26)27)14(24)8-30-20/h2-3,5-11H,4H2,1H3,(H2,28,29)(H,30,34,36). The molecule has 1 unspecified atom stereocenters. The molecule has 4 heterocycles. The topological polar surface area (TPSA) is 137 Å². The molecule has 4 rings (SSSR count). The number of carbonyl (C=O) groups is 2. The third-order valence-corrected chi connectivity index (χ3v) is 6.63. The number of thiazole rings is 1. The Hall–Kier alpha value is -3.97. The molecule has 4 aromatic heterocycles. The number of pyridine rings is 2. The SMILES string of the molecule is CC(CC(=O)c1cc(-c2ccc(N)nc2)ncn1)c1ncc(C(=O)Nc2cc(C(F)(F)F)c(Cl)cn2)s1. The van der Waals surface area contributed by atoms with Gasteiger partial charge < -0.3 is 11.1 Å². The van der Waals surface area contributed by atoms with Crippen LogP contribution in [0.2, 0.25) is 5.02 Å². The van der Waals surface area contributed by atoms with Crippen LogP contribution >= 0.6 is 22.9 Å². The number of halogens is 4. The average Bonchev–Trinajstić information content (AvgIpc) is 3.36. The van der Waals surface area contributed by atoms with Crippen LogP contribution in [0.4, 0.5) is 24.8 Å². The van der Waals surface area contributed by atoms with Crippen molar-refractivity contribution in [2.24, 2.45) is 0 Å². The van der Waals surface area contributed by atoms with Crippen LogP contribution in [-0.2, 0) is 6.18 Å². The van der Waals surface area contributed by atoms with Crippen molar-refractivity contribution in [3.63, 3.8) is 0 Å². The first-order valence-corrected chi connectivity index (χ1v) is 11.8. The van der Waals surface area contributed by atoms with Gasteiger partial charge in [-0.25, -0.2) is 24.9 Å². The Bertz CT molecular complexity index is 1460. The zero-order chi connectivity index (χ0) is 26.7. The number of hydrogen-bond acceptors (Lipinski definition) is 9. The first-order valence-electron chi connectivity index (χ1n) is 10.6. The van der Waals surface area contributed by atoms with E-state index in [4.69, 9.17) is 17.3 Å². The van der Waals surface area contributed by atoms with Crippen molar-refractivity contribution >= 4 is 46.3 Å². The number of nitrogens with two attached hydrogens (primary N) is 1. The van der Waals surface area contributed by atoms with E-state index in [0.29, 0.717) is 28.1 Å². The number of alkyl halides is 3. The van der Waals surface area contributed by atoms with Crippen molar-refractivity contribution in [3.8, 4) is 11.3 Å². The van der Waals surface area contributed by atoms with Crippen LogP contribution in [0, 0.1) is 0 Å². The number of nitrogens with zero attached hydrogens (tertiary/aromatic N) is 5. The molecule has 4 aromatic rings. The Balaban J connectivity index is 1.43. The van der Waals surface area contributed by atoms with Gasteiger partial charge >= 0.3 is 6.18 Å². The number of Topliss-reactive ketones (excluding diaryl/α,β-unsaturated/α-hetero) is 1. The molecule has 1 atom stereocenters. The van der Waals surface area contributed by atoms with E-state index >= 15 is 0 Å². The molecule has 0 saturated heterocycles. The molecule has 0 fully saturated rings. The molecule has 0 radical (unpaired) electrons. The zero-order valence-corrected chi connectivity index (χ0v) is 20.5. The Morgan fingerprint density at radius 3 is 2.57 bits per heavy atom. The molecular formula is C23H17ClF3N7O2S. The fourth-order valence-corrected chi connectivity index (χ4v) is 4.29. The highest BCUT2D eigenvalue weighted by molar-refractivity contribution is 7.13. The lowest BCUT2D eigenvalue weighted by Gasteiger charge is -2.10. The van der Waals surface area contributed by atoms with Crippen molar-refractivity contribution in [2.45, 2.75) is 25.4 Å². The fourth-order valence-electron chi connectivity index (χ4n) is 3.22. The largest absolute Gasteiger partial charge is 0.418 e. The van der Waals surface area contributed by atoms with Crippen LogP contribution in [0.25, 0.3) is 11.3 Å². The number of nitrogens with one attached hydrogen (secondary N) is 1. The quantitative estimate of drug-likeness (QED) is 0.298. The summed E-state index contributed by atoms with van der Waals surface area (Å²) in [4.78, 5) is 45.7. The molecule has 0 bridgehead atoms. The summed E-state index contributed by atoms with van der Waals surface area (Å²) in [6.07, 6.45) is 0.279. The Morgan fingerprint density at radius 1 is 1.08 bits per heavy atom. The lowest BCUT2D eigenvalue weighted by atomic mass is 10.0. The maximum absolute atomic E-state index is 13.1. The smallest absolute Gasteiger partial charge is 0.384 e. The summed E-state index contributed by atoms with van der Waals surface area (Å²) < 4.78 is 39.2. The van der Waals surface area contributed by atoms with Crippen molar-refractivity contribution in [1.29, 1.82) is 0 Å². The number of nitrogen functional groups attached to an aromatic ring is 1. The summed E-state index contributed by atoms with van der Waals surface area (Å²) in [6.45, 7) is 1.76. The minimum atomic E-state index is -4.70. The van der Waals surface area contributed by atoms with Gasteiger partial charge in [0.25, 0.3) is 5.91 Å². The summed E-state index contributed by atoms with van der Waals surface area (Å²) in [6, 6.07) is 5.56. The van der Waals surface area contributed by atoms with Gasteiger partial charge in [0.15, 0.2) is 5.78 Å². The average molecular weight is 548 g/mol. The number of aromatic nitrogens is 5. The first kappa shape index (κ1) is 26.1. The molecule has 14 heteroatoms. The summed E-state index contributed by atoms with van der Waals surface area (Å²) in [7, 11) is 0. The van der Waals surface area contributed by atoms with E-state index in [9.17, 15) is 22.8 Å². The molecule has 0 saturated carbocycles. The van der Waals surface area contributed by atoms with Gasteiger partial charge in [-0.1, -0.05) is 18.5 Å². The van der Waals surface area contributed by atoms with Gasteiger partial charge in [0.05, 0.1) is 27.5 Å².